The van der Waals surface area contributed by atoms with E-state index in [2.05, 4.69) is 5.32 Å². The van der Waals surface area contributed by atoms with Crippen molar-refractivity contribution in [1.82, 2.24) is 15.1 Å². The maximum Gasteiger partial charge on any atom is 0.326 e. The van der Waals surface area contributed by atoms with E-state index >= 15 is 0 Å². The number of amides is 3. The number of aliphatic carboxylic acids is 1. The number of aliphatic hydroxyl groups excluding tert-OH is 1. The van der Waals surface area contributed by atoms with Crippen LogP contribution in [0, 0.1) is 0 Å². The predicted octanol–water partition coefficient (Wildman–Crippen LogP) is -0.668. The normalized spacial score (nSPS) is 11.6. The van der Waals surface area contributed by atoms with Gasteiger partial charge in [-0.05, 0) is 13.8 Å². The van der Waals surface area contributed by atoms with Crippen molar-refractivity contribution in [1.29, 1.82) is 0 Å². The number of carboxylic acid groups (broad SMARTS) is 1. The summed E-state index contributed by atoms with van der Waals surface area (Å²) >= 11 is 0. The van der Waals surface area contributed by atoms with Gasteiger partial charge in [-0.2, -0.15) is 0 Å². The molecule has 3 amide bonds. The Balaban J connectivity index is 4.47. The third-order valence-electron chi connectivity index (χ3n) is 2.85. The average molecular weight is 289 g/mol. The number of hydrogen-bond acceptors (Lipinski definition) is 4. The average Bonchev–Trinajstić information content (AvgIpc) is 2.39. The first kappa shape index (κ1) is 18.2. The Labute approximate surface area is 118 Å². The quantitative estimate of drug-likeness (QED) is 0.549. The lowest BCUT2D eigenvalue weighted by Crippen LogP contribution is -2.49. The first-order chi connectivity index (χ1) is 9.37. The number of carboxylic acids is 1. The summed E-state index contributed by atoms with van der Waals surface area (Å²) in [6.07, 6.45) is -0.0844. The molecule has 0 aromatic rings. The van der Waals surface area contributed by atoms with Crippen LogP contribution in [0.2, 0.25) is 0 Å². The number of carbonyl (C=O) groups excluding carboxylic acids is 2. The smallest absolute Gasteiger partial charge is 0.326 e. The van der Waals surface area contributed by atoms with Gasteiger partial charge in [-0.15, -0.1) is 0 Å². The SMILES string of the molecule is CCN(CC)C(=O)CN(C)C(=O)N[C@@H](CCO)C(=O)O. The van der Waals surface area contributed by atoms with Crippen molar-refractivity contribution in [3.8, 4) is 0 Å². The predicted molar refractivity (Wildman–Crippen MR) is 72.2 cm³/mol. The molecule has 0 aromatic heterocycles. The van der Waals surface area contributed by atoms with E-state index < -0.39 is 18.0 Å². The van der Waals surface area contributed by atoms with E-state index in [4.69, 9.17) is 10.2 Å². The molecule has 116 valence electrons. The summed E-state index contributed by atoms with van der Waals surface area (Å²) in [5, 5.41) is 19.8. The van der Waals surface area contributed by atoms with Gasteiger partial charge in [-0.25, -0.2) is 9.59 Å². The van der Waals surface area contributed by atoms with Crippen molar-refractivity contribution in [3.05, 3.63) is 0 Å². The molecule has 3 N–H and O–H groups in total. The van der Waals surface area contributed by atoms with Gasteiger partial charge in [0.05, 0.1) is 0 Å². The standard InChI is InChI=1S/C12H23N3O5/c1-4-15(5-2)10(17)8-14(3)12(20)13-9(6-7-16)11(18)19/h9,16H,4-8H2,1-3H3,(H,13,20)(H,18,19)/t9-/m0/s1. The topological polar surface area (TPSA) is 110 Å². The maximum absolute atomic E-state index is 11.8. The zero-order valence-corrected chi connectivity index (χ0v) is 12.1. The number of aliphatic hydroxyl groups is 1. The first-order valence-corrected chi connectivity index (χ1v) is 6.50. The molecule has 0 spiro atoms. The second kappa shape index (κ2) is 9.13. The fraction of sp³-hybridized carbons (Fsp3) is 0.750. The van der Waals surface area contributed by atoms with E-state index in [-0.39, 0.29) is 25.5 Å². The fourth-order valence-electron chi connectivity index (χ4n) is 1.60. The van der Waals surface area contributed by atoms with E-state index in [1.807, 2.05) is 13.8 Å². The zero-order chi connectivity index (χ0) is 15.7. The highest BCUT2D eigenvalue weighted by Gasteiger charge is 2.22. The molecule has 1 atom stereocenters. The minimum atomic E-state index is -1.23. The molecule has 0 rings (SSSR count). The molecule has 0 aliphatic rings. The van der Waals surface area contributed by atoms with Crippen molar-refractivity contribution in [2.75, 3.05) is 33.3 Å². The molecular weight excluding hydrogens is 266 g/mol. The number of rotatable bonds is 8. The number of urea groups is 1. The van der Waals surface area contributed by atoms with Crippen molar-refractivity contribution < 1.29 is 24.6 Å². The number of likely N-dealkylation sites (N-methyl/N-ethyl adjacent to an activating group) is 2. The minimum absolute atomic E-state index is 0.0844. The van der Waals surface area contributed by atoms with Gasteiger partial charge in [0.25, 0.3) is 0 Å². The molecule has 0 saturated heterocycles. The highest BCUT2D eigenvalue weighted by Crippen LogP contribution is 1.96. The van der Waals surface area contributed by atoms with E-state index in [0.717, 1.165) is 4.90 Å². The van der Waals surface area contributed by atoms with Gasteiger partial charge in [0.2, 0.25) is 5.91 Å². The van der Waals surface area contributed by atoms with E-state index in [0.29, 0.717) is 13.1 Å². The van der Waals surface area contributed by atoms with Gasteiger partial charge in [0.15, 0.2) is 0 Å². The van der Waals surface area contributed by atoms with Crippen LogP contribution in [-0.4, -0.2) is 77.3 Å². The van der Waals surface area contributed by atoms with Crippen LogP contribution in [-0.2, 0) is 9.59 Å². The van der Waals surface area contributed by atoms with E-state index in [9.17, 15) is 14.4 Å². The van der Waals surface area contributed by atoms with Gasteiger partial charge < -0.3 is 25.3 Å². The lowest BCUT2D eigenvalue weighted by molar-refractivity contribution is -0.139. The Kier molecular flexibility index (Phi) is 8.30. The molecule has 0 saturated carbocycles. The lowest BCUT2D eigenvalue weighted by Gasteiger charge is -2.24. The van der Waals surface area contributed by atoms with Crippen LogP contribution >= 0.6 is 0 Å². The summed E-state index contributed by atoms with van der Waals surface area (Å²) in [7, 11) is 1.41. The fourth-order valence-corrected chi connectivity index (χ4v) is 1.60. The molecule has 8 heteroatoms. The summed E-state index contributed by atoms with van der Waals surface area (Å²) in [5.74, 6) is -1.43. The summed E-state index contributed by atoms with van der Waals surface area (Å²) in [6, 6.07) is -1.83. The van der Waals surface area contributed by atoms with Gasteiger partial charge in [-0.3, -0.25) is 4.79 Å². The summed E-state index contributed by atoms with van der Waals surface area (Å²) in [4.78, 5) is 37.1. The molecule has 0 bridgehead atoms. The van der Waals surface area contributed by atoms with Gasteiger partial charge in [0.1, 0.15) is 12.6 Å². The van der Waals surface area contributed by atoms with Gasteiger partial charge >= 0.3 is 12.0 Å². The number of nitrogens with zero attached hydrogens (tertiary/aromatic N) is 2. The summed E-state index contributed by atoms with van der Waals surface area (Å²) in [6.45, 7) is 4.30. The Morgan fingerprint density at radius 1 is 1.20 bits per heavy atom. The minimum Gasteiger partial charge on any atom is -0.480 e. The molecule has 0 heterocycles. The third-order valence-corrected chi connectivity index (χ3v) is 2.85. The molecule has 0 unspecified atom stereocenters. The van der Waals surface area contributed by atoms with E-state index in [1.165, 1.54) is 7.05 Å². The number of carbonyl (C=O) groups is 3. The monoisotopic (exact) mass is 289 g/mol. The highest BCUT2D eigenvalue weighted by atomic mass is 16.4. The van der Waals surface area contributed by atoms with Crippen LogP contribution in [0.3, 0.4) is 0 Å². The van der Waals surface area contributed by atoms with Crippen LogP contribution in [0.1, 0.15) is 20.3 Å². The molecule has 8 nitrogen and oxygen atoms in total. The van der Waals surface area contributed by atoms with Crippen LogP contribution in [0.4, 0.5) is 4.79 Å². The number of nitrogens with one attached hydrogen (secondary N) is 1. The molecule has 0 radical (unpaired) electrons. The highest BCUT2D eigenvalue weighted by molar-refractivity contribution is 5.86. The number of hydrogen-bond donors (Lipinski definition) is 3. The van der Waals surface area contributed by atoms with Gasteiger partial charge in [0, 0.05) is 33.2 Å². The molecule has 20 heavy (non-hydrogen) atoms. The van der Waals surface area contributed by atoms with Crippen LogP contribution in [0.25, 0.3) is 0 Å². The molecule has 0 aliphatic heterocycles. The van der Waals surface area contributed by atoms with Gasteiger partial charge in [-0.1, -0.05) is 0 Å². The van der Waals surface area contributed by atoms with Crippen molar-refractivity contribution in [2.24, 2.45) is 0 Å². The first-order valence-electron chi connectivity index (χ1n) is 6.50. The molecular formula is C12H23N3O5. The third kappa shape index (κ3) is 5.87. The van der Waals surface area contributed by atoms with E-state index in [1.54, 1.807) is 4.90 Å². The zero-order valence-electron chi connectivity index (χ0n) is 12.1. The Hall–Kier alpha value is -1.83. The lowest BCUT2D eigenvalue weighted by atomic mass is 10.2. The van der Waals surface area contributed by atoms with Crippen LogP contribution in [0.15, 0.2) is 0 Å². The second-order valence-corrected chi connectivity index (χ2v) is 4.27. The maximum atomic E-state index is 11.8. The van der Waals surface area contributed by atoms with Crippen molar-refractivity contribution >= 4 is 17.9 Å². The molecule has 0 aliphatic carbocycles. The van der Waals surface area contributed by atoms with Crippen molar-refractivity contribution in [2.45, 2.75) is 26.3 Å². The molecule has 0 aromatic carbocycles. The Bertz CT molecular complexity index is 344. The van der Waals surface area contributed by atoms with Crippen molar-refractivity contribution in [3.63, 3.8) is 0 Å². The van der Waals surface area contributed by atoms with Crippen LogP contribution < -0.4 is 5.32 Å². The molecule has 0 fully saturated rings. The summed E-state index contributed by atoms with van der Waals surface area (Å²) < 4.78 is 0. The second-order valence-electron chi connectivity index (χ2n) is 4.27. The summed E-state index contributed by atoms with van der Waals surface area (Å²) in [5.41, 5.74) is 0. The largest absolute Gasteiger partial charge is 0.480 e. The Morgan fingerprint density at radius 3 is 2.15 bits per heavy atom. The Morgan fingerprint density at radius 2 is 1.75 bits per heavy atom. The van der Waals surface area contributed by atoms with Crippen LogP contribution in [0.5, 0.6) is 0 Å².